The van der Waals surface area contributed by atoms with Crippen LogP contribution in [0.15, 0.2) is 18.2 Å². The van der Waals surface area contributed by atoms with Crippen LogP contribution in [0.3, 0.4) is 0 Å². The van der Waals surface area contributed by atoms with Gasteiger partial charge in [0.25, 0.3) is 0 Å². The number of fused-ring (bicyclic) bond motifs is 1. The molecule has 1 aromatic carbocycles. The van der Waals surface area contributed by atoms with Gasteiger partial charge in [-0.2, -0.15) is 0 Å². The lowest BCUT2D eigenvalue weighted by Crippen LogP contribution is -2.26. The molecule has 0 saturated heterocycles. The molecule has 0 spiro atoms. The van der Waals surface area contributed by atoms with Crippen LogP contribution in [0.5, 0.6) is 0 Å². The van der Waals surface area contributed by atoms with E-state index in [0.29, 0.717) is 0 Å². The molecule has 2 N–H and O–H groups in total. The van der Waals surface area contributed by atoms with Crippen molar-refractivity contribution < 1.29 is 0 Å². The fraction of sp³-hybridized carbons (Fsp3) is 0.538. The van der Waals surface area contributed by atoms with E-state index in [2.05, 4.69) is 30.0 Å². The summed E-state index contributed by atoms with van der Waals surface area (Å²) in [4.78, 5) is 2.47. The van der Waals surface area contributed by atoms with E-state index in [4.69, 9.17) is 5.73 Å². The number of anilines is 1. The average molecular weight is 202 g/mol. The number of benzene rings is 1. The third-order valence-electron chi connectivity index (χ3n) is 3.52. The van der Waals surface area contributed by atoms with Gasteiger partial charge in [0.05, 0.1) is 0 Å². The van der Waals surface area contributed by atoms with E-state index in [1.807, 2.05) is 0 Å². The third kappa shape index (κ3) is 1.63. The highest BCUT2D eigenvalue weighted by atomic mass is 15.2. The highest BCUT2D eigenvalue weighted by Crippen LogP contribution is 2.38. The smallest absolute Gasteiger partial charge is 0.0493 e. The monoisotopic (exact) mass is 202 g/mol. The first kappa shape index (κ1) is 9.22. The Bertz CT molecular complexity index is 382. The summed E-state index contributed by atoms with van der Waals surface area (Å²) in [6.45, 7) is 4.36. The van der Waals surface area contributed by atoms with E-state index in [0.717, 1.165) is 12.5 Å². The van der Waals surface area contributed by atoms with Crippen LogP contribution >= 0.6 is 0 Å². The molecule has 0 aromatic heterocycles. The van der Waals surface area contributed by atoms with Crippen LogP contribution in [-0.4, -0.2) is 13.1 Å². The van der Waals surface area contributed by atoms with Gasteiger partial charge in [-0.05, 0) is 37.3 Å². The van der Waals surface area contributed by atoms with Gasteiger partial charge in [-0.15, -0.1) is 0 Å². The lowest BCUT2D eigenvalue weighted by molar-refractivity contribution is 0.686. The van der Waals surface area contributed by atoms with Gasteiger partial charge < -0.3 is 10.6 Å². The van der Waals surface area contributed by atoms with Gasteiger partial charge in [-0.3, -0.25) is 0 Å². The number of rotatable bonds is 2. The zero-order valence-electron chi connectivity index (χ0n) is 9.24. The Labute approximate surface area is 91.1 Å². The highest BCUT2D eigenvalue weighted by Gasteiger charge is 2.31. The lowest BCUT2D eigenvalue weighted by Gasteiger charge is -2.19. The molecule has 2 aliphatic rings. The summed E-state index contributed by atoms with van der Waals surface area (Å²) in [7, 11) is 0. The predicted molar refractivity (Wildman–Crippen MR) is 63.0 cm³/mol. The van der Waals surface area contributed by atoms with Crippen molar-refractivity contribution in [3.8, 4) is 0 Å². The zero-order chi connectivity index (χ0) is 10.4. The first-order valence-electron chi connectivity index (χ1n) is 5.85. The van der Waals surface area contributed by atoms with Crippen molar-refractivity contribution >= 4 is 5.69 Å². The summed E-state index contributed by atoms with van der Waals surface area (Å²) in [5.74, 6) is 0.935. The first-order valence-corrected chi connectivity index (χ1v) is 5.85. The van der Waals surface area contributed by atoms with Crippen LogP contribution < -0.4 is 10.6 Å². The molecule has 0 bridgehead atoms. The van der Waals surface area contributed by atoms with Crippen LogP contribution in [0.2, 0.25) is 0 Å². The Morgan fingerprint density at radius 3 is 2.93 bits per heavy atom. The van der Waals surface area contributed by atoms with Crippen molar-refractivity contribution in [2.45, 2.75) is 25.8 Å². The zero-order valence-corrected chi connectivity index (χ0v) is 9.24. The van der Waals surface area contributed by atoms with Crippen LogP contribution in [0.1, 0.15) is 30.0 Å². The molecule has 80 valence electrons. The molecule has 1 saturated carbocycles. The maximum atomic E-state index is 6.16. The summed E-state index contributed by atoms with van der Waals surface area (Å²) in [5, 5.41) is 0. The molecular weight excluding hydrogens is 184 g/mol. The van der Waals surface area contributed by atoms with E-state index in [-0.39, 0.29) is 6.04 Å². The molecule has 0 amide bonds. The van der Waals surface area contributed by atoms with Crippen molar-refractivity contribution in [1.82, 2.24) is 0 Å². The van der Waals surface area contributed by atoms with Crippen molar-refractivity contribution in [1.29, 1.82) is 0 Å². The summed E-state index contributed by atoms with van der Waals surface area (Å²) in [5.41, 5.74) is 10.2. The second kappa shape index (κ2) is 3.24. The molecule has 1 atom stereocenters. The molecule has 0 radical (unpaired) electrons. The van der Waals surface area contributed by atoms with E-state index in [1.165, 1.54) is 36.2 Å². The number of hydrogen-bond donors (Lipinski definition) is 1. The maximum Gasteiger partial charge on any atom is 0.0493 e. The first-order chi connectivity index (χ1) is 7.24. The highest BCUT2D eigenvalue weighted by molar-refractivity contribution is 5.61. The third-order valence-corrected chi connectivity index (χ3v) is 3.52. The fourth-order valence-electron chi connectivity index (χ4n) is 2.48. The Morgan fingerprint density at radius 1 is 1.40 bits per heavy atom. The largest absolute Gasteiger partial charge is 0.369 e. The van der Waals surface area contributed by atoms with Gasteiger partial charge in [0, 0.05) is 24.8 Å². The van der Waals surface area contributed by atoms with Crippen molar-refractivity contribution in [3.05, 3.63) is 29.3 Å². The Hall–Kier alpha value is -1.02. The van der Waals surface area contributed by atoms with Gasteiger partial charge in [0.15, 0.2) is 0 Å². The minimum atomic E-state index is 0.221. The SMILES string of the molecule is Cc1ccc2c(c1)C(N)CN2CC1CC1. The molecule has 2 heteroatoms. The second-order valence-corrected chi connectivity index (χ2v) is 5.02. The molecule has 1 fully saturated rings. The van der Waals surface area contributed by atoms with Crippen LogP contribution in [0.4, 0.5) is 5.69 Å². The average Bonchev–Trinajstić information content (AvgIpc) is 2.95. The Morgan fingerprint density at radius 2 is 2.20 bits per heavy atom. The van der Waals surface area contributed by atoms with Crippen molar-refractivity contribution in [3.63, 3.8) is 0 Å². The minimum absolute atomic E-state index is 0.221. The number of nitrogens with two attached hydrogens (primary N) is 1. The summed E-state index contributed by atoms with van der Waals surface area (Å²) in [6.07, 6.45) is 2.82. The van der Waals surface area contributed by atoms with Crippen LogP contribution in [0.25, 0.3) is 0 Å². The summed E-state index contributed by atoms with van der Waals surface area (Å²) in [6, 6.07) is 6.89. The van der Waals surface area contributed by atoms with Crippen LogP contribution in [-0.2, 0) is 0 Å². The fourth-order valence-corrected chi connectivity index (χ4v) is 2.48. The van der Waals surface area contributed by atoms with E-state index in [9.17, 15) is 0 Å². The van der Waals surface area contributed by atoms with E-state index >= 15 is 0 Å². The van der Waals surface area contributed by atoms with Gasteiger partial charge in [-0.1, -0.05) is 17.7 Å². The maximum absolute atomic E-state index is 6.16. The van der Waals surface area contributed by atoms with Crippen molar-refractivity contribution in [2.75, 3.05) is 18.0 Å². The quantitative estimate of drug-likeness (QED) is 0.796. The number of hydrogen-bond acceptors (Lipinski definition) is 2. The molecule has 2 nitrogen and oxygen atoms in total. The summed E-state index contributed by atoms with van der Waals surface area (Å²) < 4.78 is 0. The second-order valence-electron chi connectivity index (χ2n) is 5.02. The molecular formula is C13H18N2. The van der Waals surface area contributed by atoms with E-state index in [1.54, 1.807) is 0 Å². The molecule has 15 heavy (non-hydrogen) atoms. The van der Waals surface area contributed by atoms with Gasteiger partial charge in [-0.25, -0.2) is 0 Å². The van der Waals surface area contributed by atoms with Crippen molar-refractivity contribution in [2.24, 2.45) is 11.7 Å². The van der Waals surface area contributed by atoms with E-state index < -0.39 is 0 Å². The molecule has 1 aliphatic carbocycles. The normalized spacial score (nSPS) is 24.4. The van der Waals surface area contributed by atoms with Gasteiger partial charge >= 0.3 is 0 Å². The molecule has 1 aromatic rings. The summed E-state index contributed by atoms with van der Waals surface area (Å²) >= 11 is 0. The molecule has 1 aliphatic heterocycles. The predicted octanol–water partition coefficient (Wildman–Crippen LogP) is 2.22. The Balaban J connectivity index is 1.90. The topological polar surface area (TPSA) is 29.3 Å². The Kier molecular flexibility index (Phi) is 1.99. The van der Waals surface area contributed by atoms with Gasteiger partial charge in [0.2, 0.25) is 0 Å². The molecule has 3 rings (SSSR count). The molecule has 1 heterocycles. The number of nitrogens with zero attached hydrogens (tertiary/aromatic N) is 1. The minimum Gasteiger partial charge on any atom is -0.369 e. The van der Waals surface area contributed by atoms with Gasteiger partial charge in [0.1, 0.15) is 0 Å². The molecule has 1 unspecified atom stereocenters. The standard InChI is InChI=1S/C13H18N2/c1-9-2-5-13-11(6-9)12(14)8-15(13)7-10-3-4-10/h2,5-6,10,12H,3-4,7-8,14H2,1H3. The van der Waals surface area contributed by atoms with Crippen LogP contribution in [0, 0.1) is 12.8 Å². The number of aryl methyl sites for hydroxylation is 1. The lowest BCUT2D eigenvalue weighted by atomic mass is 10.1.